The normalized spacial score (nSPS) is 8.91. The number of aromatic nitrogens is 2. The highest BCUT2D eigenvalue weighted by atomic mass is 14.8. The number of hydrogen-bond acceptors (Lipinski definition) is 3. The van der Waals surface area contributed by atoms with Crippen LogP contribution in [0.5, 0.6) is 0 Å². The Morgan fingerprint density at radius 2 is 0.614 bits per heavy atom. The molecule has 0 amide bonds. The highest BCUT2D eigenvalue weighted by molar-refractivity contribution is 5.76. The Morgan fingerprint density at radius 3 is 0.682 bits per heavy atom. The summed E-state index contributed by atoms with van der Waals surface area (Å²) in [6, 6.07) is 23.4. The van der Waals surface area contributed by atoms with Crippen molar-refractivity contribution in [2.75, 3.05) is 6.54 Å². The van der Waals surface area contributed by atoms with Crippen LogP contribution in [0.15, 0.2) is 122 Å². The van der Waals surface area contributed by atoms with Crippen molar-refractivity contribution in [2.24, 2.45) is 23.7 Å². The van der Waals surface area contributed by atoms with Crippen LogP contribution in [-0.2, 0) is 0 Å². The highest BCUT2D eigenvalue weighted by Gasteiger charge is 1.73. The van der Waals surface area contributed by atoms with Gasteiger partial charge in [0.25, 0.3) is 0 Å². The molecule has 0 aliphatic carbocycles. The average Bonchev–Trinajstić information content (AvgIpc) is 2.93. The largest absolute Gasteiger partial charge is 0.387 e. The van der Waals surface area contributed by atoms with E-state index in [0.717, 1.165) is 30.2 Å². The predicted molar refractivity (Wildman–Crippen MR) is 206 cm³/mol. The first-order valence-electron chi connectivity index (χ1n) is 14.7. The molecule has 0 saturated carbocycles. The van der Waals surface area contributed by atoms with Crippen LogP contribution in [0.1, 0.15) is 83.1 Å². The number of nitrogens with one attached hydrogen (secondary N) is 1. The van der Waals surface area contributed by atoms with E-state index in [1.54, 1.807) is 24.8 Å². The predicted octanol–water partition coefficient (Wildman–Crippen LogP) is 9.64. The van der Waals surface area contributed by atoms with Crippen LogP contribution in [0, 0.1) is 23.7 Å². The van der Waals surface area contributed by atoms with Gasteiger partial charge in [-0.25, -0.2) is 0 Å². The molecule has 0 spiro atoms. The second kappa shape index (κ2) is 55.9. The Balaban J connectivity index is -0.0000000559. The Kier molecular flexibility index (Phi) is 76.6. The maximum Gasteiger partial charge on any atom is 0.0328 e. The number of allylic oxidation sites excluding steroid dienone is 2. The second-order valence-electron chi connectivity index (χ2n) is 11.3. The number of hydrogen-bond donors (Lipinski definition) is 1. The van der Waals surface area contributed by atoms with E-state index in [9.17, 15) is 0 Å². The molecule has 0 fully saturated rings. The Bertz CT molecular complexity index is 614. The van der Waals surface area contributed by atoms with Gasteiger partial charge in [-0.3, -0.25) is 9.97 Å². The van der Waals surface area contributed by atoms with E-state index in [2.05, 4.69) is 104 Å². The lowest BCUT2D eigenvalue weighted by Gasteiger charge is -1.94. The van der Waals surface area contributed by atoms with Crippen LogP contribution in [0.25, 0.3) is 0 Å². The molecule has 1 aliphatic heterocycles. The van der Waals surface area contributed by atoms with Crippen LogP contribution < -0.4 is 5.32 Å². The van der Waals surface area contributed by atoms with Gasteiger partial charge in [0.05, 0.1) is 0 Å². The fraction of sp³-hybridized carbons (Fsp3) is 0.459. The Labute approximate surface area is 283 Å². The Hall–Kier alpha value is -2.94. The quantitative estimate of drug-likeness (QED) is 0.264. The minimum atomic E-state index is 0. The van der Waals surface area contributed by atoms with Gasteiger partial charge in [0.1, 0.15) is 0 Å². The molecule has 3 aromatic rings. The maximum atomic E-state index is 3.78. The third kappa shape index (κ3) is 128. The van der Waals surface area contributed by atoms with Gasteiger partial charge in [-0.15, -0.1) is 0 Å². The van der Waals surface area contributed by atoms with Gasteiger partial charge < -0.3 is 5.32 Å². The van der Waals surface area contributed by atoms with Crippen molar-refractivity contribution in [3.63, 3.8) is 0 Å². The van der Waals surface area contributed by atoms with Crippen molar-refractivity contribution in [1.82, 2.24) is 15.3 Å². The summed E-state index contributed by atoms with van der Waals surface area (Å²) in [6.07, 6.45) is 15.0. The van der Waals surface area contributed by atoms with E-state index >= 15 is 0 Å². The van der Waals surface area contributed by atoms with Crippen LogP contribution in [0.4, 0.5) is 0 Å². The fourth-order valence-electron chi connectivity index (χ4n) is 1.42. The van der Waals surface area contributed by atoms with E-state index in [-0.39, 0.29) is 33.7 Å². The monoisotopic (exact) mass is 594 g/mol. The standard InChI is InChI=1S/C6H6.C5H7N.2C5H5N.4C4H10.4B/c4*1-2-4-6-5-3-1;4*1-4(2)3;;;;/h1-6H;1-4,6H,5H2;2*1-5H;4*4H,1-3H3;;;;. The molecule has 1 N–H and O–H groups in total. The lowest BCUT2D eigenvalue weighted by Crippen LogP contribution is -2.05. The summed E-state index contributed by atoms with van der Waals surface area (Å²) < 4.78 is 0. The number of nitrogens with zero attached hydrogens (tertiary/aromatic N) is 2. The van der Waals surface area contributed by atoms with Gasteiger partial charge in [-0.1, -0.05) is 144 Å². The van der Waals surface area contributed by atoms with Crippen molar-refractivity contribution in [1.29, 1.82) is 0 Å². The van der Waals surface area contributed by atoms with Gasteiger partial charge in [0, 0.05) is 65.0 Å². The zero-order valence-corrected chi connectivity index (χ0v) is 30.3. The molecule has 7 heteroatoms. The summed E-state index contributed by atoms with van der Waals surface area (Å²) in [4.78, 5) is 7.57. The molecule has 0 bridgehead atoms. The second-order valence-corrected chi connectivity index (χ2v) is 11.3. The lowest BCUT2D eigenvalue weighted by atomic mass is 10.3. The summed E-state index contributed by atoms with van der Waals surface area (Å²) in [5.74, 6) is 3.33. The molecular formula is C37H63B4N3. The van der Waals surface area contributed by atoms with Crippen molar-refractivity contribution in [3.05, 3.63) is 122 Å². The number of benzene rings is 1. The molecule has 2 aromatic heterocycles. The molecule has 44 heavy (non-hydrogen) atoms. The average molecular weight is 593 g/mol. The molecule has 4 rings (SSSR count). The SMILES string of the molecule is C1=CCNC=C1.CC(C)C.CC(C)C.CC(C)C.CC(C)C.[B].[B].[B].[B].c1ccccc1.c1ccncc1.c1ccncc1. The lowest BCUT2D eigenvalue weighted by molar-refractivity contribution is 0.736. The third-order valence-electron chi connectivity index (χ3n) is 2.50. The van der Waals surface area contributed by atoms with Gasteiger partial charge in [0.2, 0.25) is 0 Å². The first kappa shape index (κ1) is 60.3. The van der Waals surface area contributed by atoms with Crippen molar-refractivity contribution >= 4 is 33.7 Å². The molecule has 3 heterocycles. The van der Waals surface area contributed by atoms with Gasteiger partial charge in [-0.2, -0.15) is 0 Å². The molecule has 3 nitrogen and oxygen atoms in total. The summed E-state index contributed by atoms with van der Waals surface area (Å²) in [5, 5.41) is 3.02. The molecule has 0 atom stereocenters. The fourth-order valence-corrected chi connectivity index (χ4v) is 1.42. The zero-order valence-electron chi connectivity index (χ0n) is 30.3. The number of rotatable bonds is 0. The maximum absolute atomic E-state index is 3.78. The smallest absolute Gasteiger partial charge is 0.0328 e. The summed E-state index contributed by atoms with van der Waals surface area (Å²) >= 11 is 0. The summed E-state index contributed by atoms with van der Waals surface area (Å²) in [7, 11) is 0. The minimum absolute atomic E-state index is 0. The van der Waals surface area contributed by atoms with Crippen molar-refractivity contribution in [2.45, 2.75) is 83.1 Å². The first-order chi connectivity index (χ1) is 18.9. The van der Waals surface area contributed by atoms with Crippen molar-refractivity contribution < 1.29 is 0 Å². The van der Waals surface area contributed by atoms with Crippen molar-refractivity contribution in [3.8, 4) is 0 Å². The summed E-state index contributed by atoms with van der Waals surface area (Å²) in [6.45, 7) is 27.0. The van der Waals surface area contributed by atoms with Crippen LogP contribution in [0.2, 0.25) is 0 Å². The van der Waals surface area contributed by atoms with E-state index in [0.29, 0.717) is 0 Å². The molecule has 0 saturated heterocycles. The third-order valence-corrected chi connectivity index (χ3v) is 2.50. The molecule has 238 valence electrons. The van der Waals surface area contributed by atoms with Gasteiger partial charge in [-0.05, 0) is 60.2 Å². The first-order valence-corrected chi connectivity index (χ1v) is 14.7. The highest BCUT2D eigenvalue weighted by Crippen LogP contribution is 1.83. The van der Waals surface area contributed by atoms with E-state index in [4.69, 9.17) is 0 Å². The molecule has 0 unspecified atom stereocenters. The molecular weight excluding hydrogens is 530 g/mol. The molecule has 12 radical (unpaired) electrons. The zero-order chi connectivity index (χ0) is 31.3. The summed E-state index contributed by atoms with van der Waals surface area (Å²) in [5.41, 5.74) is 0. The molecule has 1 aliphatic rings. The van der Waals surface area contributed by atoms with Gasteiger partial charge in [0.15, 0.2) is 0 Å². The van der Waals surface area contributed by atoms with E-state index in [1.807, 2.05) is 91.1 Å². The van der Waals surface area contributed by atoms with Crippen LogP contribution in [0.3, 0.4) is 0 Å². The molecule has 1 aromatic carbocycles. The van der Waals surface area contributed by atoms with E-state index in [1.165, 1.54) is 0 Å². The number of dihydropyridines is 1. The van der Waals surface area contributed by atoms with E-state index < -0.39 is 0 Å². The minimum Gasteiger partial charge on any atom is -0.387 e. The Morgan fingerprint density at radius 1 is 0.386 bits per heavy atom. The van der Waals surface area contributed by atoms with Crippen LogP contribution >= 0.6 is 0 Å². The van der Waals surface area contributed by atoms with Crippen LogP contribution in [-0.4, -0.2) is 50.2 Å². The number of pyridine rings is 2. The topological polar surface area (TPSA) is 37.8 Å². The van der Waals surface area contributed by atoms with Gasteiger partial charge >= 0.3 is 0 Å².